The maximum Gasteiger partial charge on any atom is 0.263 e. The van der Waals surface area contributed by atoms with Gasteiger partial charge in [-0.05, 0) is 26.0 Å². The van der Waals surface area contributed by atoms with Crippen molar-refractivity contribution >= 4 is 17.2 Å². The molecule has 3 rings (SSSR count). The largest absolute Gasteiger partial charge is 0.481 e. The van der Waals surface area contributed by atoms with Gasteiger partial charge in [0.25, 0.3) is 5.91 Å². The van der Waals surface area contributed by atoms with E-state index in [0.29, 0.717) is 0 Å². The third-order valence-electron chi connectivity index (χ3n) is 4.14. The number of para-hydroxylation sites is 1. The molecule has 128 valence electrons. The van der Waals surface area contributed by atoms with Crippen LogP contribution in [0, 0.1) is 6.92 Å². The van der Waals surface area contributed by atoms with Gasteiger partial charge in [-0.2, -0.15) is 0 Å². The van der Waals surface area contributed by atoms with E-state index < -0.39 is 6.10 Å². The standard InChI is InChI=1S/C18H23N3O2S/c1-14(23-17-6-4-3-5-7-17)18(22)21-10-8-20(9-11-21)12-16-13-24-15(2)19-16/h3-7,13-14H,8-12H2,1-2H3. The Morgan fingerprint density at radius 2 is 1.96 bits per heavy atom. The number of rotatable bonds is 5. The summed E-state index contributed by atoms with van der Waals surface area (Å²) in [5.74, 6) is 0.791. The number of benzene rings is 1. The highest BCUT2D eigenvalue weighted by Crippen LogP contribution is 2.15. The van der Waals surface area contributed by atoms with Crippen LogP contribution in [0.15, 0.2) is 35.7 Å². The second-order valence-electron chi connectivity index (χ2n) is 6.03. The molecule has 0 radical (unpaired) electrons. The van der Waals surface area contributed by atoms with Crippen LogP contribution in [-0.2, 0) is 11.3 Å². The van der Waals surface area contributed by atoms with Crippen molar-refractivity contribution in [1.82, 2.24) is 14.8 Å². The fourth-order valence-corrected chi connectivity index (χ4v) is 3.45. The first kappa shape index (κ1) is 16.9. The molecular weight excluding hydrogens is 322 g/mol. The average Bonchev–Trinajstić information content (AvgIpc) is 3.00. The highest BCUT2D eigenvalue weighted by atomic mass is 32.1. The number of carbonyl (C=O) groups excluding carboxylic acids is 1. The van der Waals surface area contributed by atoms with Gasteiger partial charge in [0, 0.05) is 38.1 Å². The van der Waals surface area contributed by atoms with Crippen molar-refractivity contribution in [3.63, 3.8) is 0 Å². The number of amides is 1. The number of aryl methyl sites for hydroxylation is 1. The number of aromatic nitrogens is 1. The van der Waals surface area contributed by atoms with E-state index in [9.17, 15) is 4.79 Å². The Balaban J connectivity index is 1.47. The van der Waals surface area contributed by atoms with Crippen molar-refractivity contribution in [2.75, 3.05) is 26.2 Å². The molecule has 0 saturated carbocycles. The number of hydrogen-bond donors (Lipinski definition) is 0. The van der Waals surface area contributed by atoms with E-state index >= 15 is 0 Å². The summed E-state index contributed by atoms with van der Waals surface area (Å²) in [4.78, 5) is 21.3. The molecule has 1 amide bonds. The number of hydrogen-bond acceptors (Lipinski definition) is 5. The van der Waals surface area contributed by atoms with E-state index in [1.54, 1.807) is 11.3 Å². The summed E-state index contributed by atoms with van der Waals surface area (Å²) < 4.78 is 5.74. The molecule has 0 spiro atoms. The second kappa shape index (κ2) is 7.77. The maximum atomic E-state index is 12.5. The molecule has 1 aromatic carbocycles. The Kier molecular flexibility index (Phi) is 5.48. The fourth-order valence-electron chi connectivity index (χ4n) is 2.85. The van der Waals surface area contributed by atoms with Crippen LogP contribution in [0.5, 0.6) is 5.75 Å². The first-order chi connectivity index (χ1) is 11.6. The molecule has 0 N–H and O–H groups in total. The summed E-state index contributed by atoms with van der Waals surface area (Å²) in [5.41, 5.74) is 1.12. The minimum atomic E-state index is -0.458. The molecule has 1 unspecified atom stereocenters. The van der Waals surface area contributed by atoms with Crippen LogP contribution < -0.4 is 4.74 Å². The van der Waals surface area contributed by atoms with Crippen LogP contribution in [-0.4, -0.2) is 53.0 Å². The van der Waals surface area contributed by atoms with Crippen molar-refractivity contribution in [3.8, 4) is 5.75 Å². The molecule has 0 bridgehead atoms. The van der Waals surface area contributed by atoms with Crippen LogP contribution in [0.25, 0.3) is 0 Å². The number of thiazole rings is 1. The molecule has 1 aliphatic heterocycles. The minimum Gasteiger partial charge on any atom is -0.481 e. The Morgan fingerprint density at radius 3 is 2.58 bits per heavy atom. The number of carbonyl (C=O) groups is 1. The summed E-state index contributed by atoms with van der Waals surface area (Å²) >= 11 is 1.68. The highest BCUT2D eigenvalue weighted by Gasteiger charge is 2.26. The lowest BCUT2D eigenvalue weighted by Gasteiger charge is -2.35. The van der Waals surface area contributed by atoms with Crippen molar-refractivity contribution in [1.29, 1.82) is 0 Å². The van der Waals surface area contributed by atoms with Gasteiger partial charge < -0.3 is 9.64 Å². The zero-order valence-electron chi connectivity index (χ0n) is 14.1. The molecular formula is C18H23N3O2S. The molecule has 1 aromatic heterocycles. The van der Waals surface area contributed by atoms with Crippen molar-refractivity contribution < 1.29 is 9.53 Å². The molecule has 1 saturated heterocycles. The van der Waals surface area contributed by atoms with E-state index in [-0.39, 0.29) is 5.91 Å². The van der Waals surface area contributed by atoms with E-state index in [2.05, 4.69) is 15.3 Å². The van der Waals surface area contributed by atoms with Crippen molar-refractivity contribution in [3.05, 3.63) is 46.4 Å². The Hall–Kier alpha value is -1.92. The summed E-state index contributed by atoms with van der Waals surface area (Å²) in [6, 6.07) is 9.49. The average molecular weight is 345 g/mol. The summed E-state index contributed by atoms with van der Waals surface area (Å²) in [6.07, 6.45) is -0.458. The van der Waals surface area contributed by atoms with E-state index in [1.165, 1.54) is 0 Å². The molecule has 6 heteroatoms. The maximum absolute atomic E-state index is 12.5. The monoisotopic (exact) mass is 345 g/mol. The molecule has 5 nitrogen and oxygen atoms in total. The number of nitrogens with zero attached hydrogens (tertiary/aromatic N) is 3. The molecule has 24 heavy (non-hydrogen) atoms. The fraction of sp³-hybridized carbons (Fsp3) is 0.444. The Morgan fingerprint density at radius 1 is 1.25 bits per heavy atom. The molecule has 1 aliphatic rings. The normalized spacial score (nSPS) is 16.8. The zero-order chi connectivity index (χ0) is 16.9. The second-order valence-corrected chi connectivity index (χ2v) is 7.09. The summed E-state index contributed by atoms with van der Waals surface area (Å²) in [7, 11) is 0. The van der Waals surface area contributed by atoms with Gasteiger partial charge in [0.05, 0.1) is 10.7 Å². The number of ether oxygens (including phenoxy) is 1. The van der Waals surface area contributed by atoms with Gasteiger partial charge in [0.1, 0.15) is 5.75 Å². The van der Waals surface area contributed by atoms with E-state index in [4.69, 9.17) is 4.74 Å². The summed E-state index contributed by atoms with van der Waals surface area (Å²) in [5, 5.41) is 3.22. The van der Waals surface area contributed by atoms with E-state index in [1.807, 2.05) is 49.1 Å². The van der Waals surface area contributed by atoms with Gasteiger partial charge in [-0.15, -0.1) is 11.3 Å². The minimum absolute atomic E-state index is 0.0583. The van der Waals surface area contributed by atoms with Gasteiger partial charge >= 0.3 is 0 Å². The van der Waals surface area contributed by atoms with Gasteiger partial charge in [0.15, 0.2) is 6.10 Å². The third kappa shape index (κ3) is 4.33. The summed E-state index contributed by atoms with van der Waals surface area (Å²) in [6.45, 7) is 7.94. The van der Waals surface area contributed by atoms with Crippen LogP contribution in [0.2, 0.25) is 0 Å². The van der Waals surface area contributed by atoms with E-state index in [0.717, 1.165) is 49.2 Å². The quantitative estimate of drug-likeness (QED) is 0.835. The first-order valence-corrected chi connectivity index (χ1v) is 9.13. The predicted octanol–water partition coefficient (Wildman–Crippen LogP) is 2.56. The lowest BCUT2D eigenvalue weighted by atomic mass is 10.2. The third-order valence-corrected chi connectivity index (χ3v) is 4.96. The SMILES string of the molecule is Cc1nc(CN2CCN(C(=O)C(C)Oc3ccccc3)CC2)cs1. The molecule has 2 heterocycles. The lowest BCUT2D eigenvalue weighted by Crippen LogP contribution is -2.51. The Bertz CT molecular complexity index is 666. The topological polar surface area (TPSA) is 45.7 Å². The lowest BCUT2D eigenvalue weighted by molar-refractivity contribution is -0.139. The molecule has 1 atom stereocenters. The van der Waals surface area contributed by atoms with Crippen molar-refractivity contribution in [2.45, 2.75) is 26.5 Å². The van der Waals surface area contributed by atoms with Gasteiger partial charge in [-0.1, -0.05) is 18.2 Å². The van der Waals surface area contributed by atoms with Crippen LogP contribution in [0.3, 0.4) is 0 Å². The number of piperazine rings is 1. The van der Waals surface area contributed by atoms with Crippen LogP contribution >= 0.6 is 11.3 Å². The van der Waals surface area contributed by atoms with Crippen LogP contribution in [0.1, 0.15) is 17.6 Å². The predicted molar refractivity (Wildman–Crippen MR) is 95.2 cm³/mol. The zero-order valence-corrected chi connectivity index (χ0v) is 15.0. The van der Waals surface area contributed by atoms with Crippen LogP contribution in [0.4, 0.5) is 0 Å². The van der Waals surface area contributed by atoms with Gasteiger partial charge in [-0.25, -0.2) is 4.98 Å². The van der Waals surface area contributed by atoms with Gasteiger partial charge in [-0.3, -0.25) is 9.69 Å². The Labute approximate surface area is 146 Å². The highest BCUT2D eigenvalue weighted by molar-refractivity contribution is 7.09. The molecule has 1 fully saturated rings. The van der Waals surface area contributed by atoms with Crippen molar-refractivity contribution in [2.24, 2.45) is 0 Å². The molecule has 2 aromatic rings. The smallest absolute Gasteiger partial charge is 0.263 e. The van der Waals surface area contributed by atoms with Gasteiger partial charge in [0.2, 0.25) is 0 Å². The first-order valence-electron chi connectivity index (χ1n) is 8.25. The molecule has 0 aliphatic carbocycles.